The van der Waals surface area contributed by atoms with Crippen LogP contribution >= 0.6 is 34.9 Å². The van der Waals surface area contributed by atoms with Crippen molar-refractivity contribution in [2.45, 2.75) is 23.1 Å². The maximum absolute atomic E-state index is 5.49. The van der Waals surface area contributed by atoms with Crippen LogP contribution in [0.1, 0.15) is 10.4 Å². The number of morpholine rings is 2. The third kappa shape index (κ3) is 5.78. The van der Waals surface area contributed by atoms with Gasteiger partial charge in [0.15, 0.2) is 5.16 Å². The Hall–Kier alpha value is -0.460. The van der Waals surface area contributed by atoms with E-state index in [1.807, 2.05) is 23.1 Å². The molecule has 2 saturated heterocycles. The van der Waals surface area contributed by atoms with Gasteiger partial charge < -0.3 is 14.4 Å². The van der Waals surface area contributed by atoms with E-state index in [1.165, 1.54) is 25.7 Å². The number of thiophene rings is 1. The van der Waals surface area contributed by atoms with Gasteiger partial charge in [0.1, 0.15) is 9.86 Å². The third-order valence-corrected chi connectivity index (χ3v) is 9.22. The van der Waals surface area contributed by atoms with Gasteiger partial charge in [-0.25, -0.2) is 9.97 Å². The molecular formula is C22H33N5O2S3. The number of nitrogens with zero attached hydrogens (tertiary/aromatic N) is 5. The molecule has 0 atom stereocenters. The summed E-state index contributed by atoms with van der Waals surface area (Å²) < 4.78 is 11.0. The first-order chi connectivity index (χ1) is 15.8. The number of likely N-dealkylation sites (N-methyl/N-ethyl adjacent to an activating group) is 1. The van der Waals surface area contributed by atoms with Crippen LogP contribution in [-0.4, -0.2) is 115 Å². The van der Waals surface area contributed by atoms with Crippen LogP contribution in [-0.2, 0) is 22.4 Å². The lowest BCUT2D eigenvalue weighted by Gasteiger charge is -2.26. The topological polar surface area (TPSA) is 54.0 Å². The van der Waals surface area contributed by atoms with Crippen molar-refractivity contribution in [2.24, 2.45) is 0 Å². The number of thioether (sulfide) groups is 2. The van der Waals surface area contributed by atoms with Gasteiger partial charge in [-0.3, -0.25) is 9.80 Å². The van der Waals surface area contributed by atoms with Gasteiger partial charge in [0.05, 0.1) is 26.4 Å². The third-order valence-electron chi connectivity index (χ3n) is 6.33. The zero-order valence-corrected chi connectivity index (χ0v) is 21.3. The second-order valence-corrected chi connectivity index (χ2v) is 11.8. The summed E-state index contributed by atoms with van der Waals surface area (Å²) in [6.45, 7) is 11.9. The molecule has 0 radical (unpaired) electrons. The molecule has 0 saturated carbocycles. The van der Waals surface area contributed by atoms with E-state index in [0.717, 1.165) is 102 Å². The number of fused-ring (bicyclic) bond motifs is 3. The van der Waals surface area contributed by atoms with Crippen LogP contribution < -0.4 is 0 Å². The number of hydrogen-bond acceptors (Lipinski definition) is 10. The number of hydrogen-bond donors (Lipinski definition) is 0. The van der Waals surface area contributed by atoms with Crippen molar-refractivity contribution in [1.29, 1.82) is 0 Å². The summed E-state index contributed by atoms with van der Waals surface area (Å²) in [5.74, 6) is 2.09. The van der Waals surface area contributed by atoms with E-state index in [0.29, 0.717) is 0 Å². The lowest BCUT2D eigenvalue weighted by molar-refractivity contribution is 0.0409. The monoisotopic (exact) mass is 495 g/mol. The van der Waals surface area contributed by atoms with Crippen molar-refractivity contribution in [3.05, 3.63) is 10.4 Å². The van der Waals surface area contributed by atoms with E-state index in [9.17, 15) is 0 Å². The van der Waals surface area contributed by atoms with Gasteiger partial charge in [-0.05, 0) is 19.0 Å². The van der Waals surface area contributed by atoms with E-state index >= 15 is 0 Å². The van der Waals surface area contributed by atoms with Gasteiger partial charge in [0, 0.05) is 74.1 Å². The van der Waals surface area contributed by atoms with E-state index in [2.05, 4.69) is 21.7 Å². The summed E-state index contributed by atoms with van der Waals surface area (Å²) in [5, 5.41) is 3.47. The van der Waals surface area contributed by atoms with Gasteiger partial charge in [0.25, 0.3) is 0 Å². The van der Waals surface area contributed by atoms with Crippen LogP contribution in [0, 0.1) is 0 Å². The zero-order chi connectivity index (χ0) is 21.8. The van der Waals surface area contributed by atoms with Gasteiger partial charge in [0.2, 0.25) is 0 Å². The van der Waals surface area contributed by atoms with Crippen LogP contribution in [0.4, 0.5) is 0 Å². The largest absolute Gasteiger partial charge is 0.379 e. The molecule has 0 spiro atoms. The Labute approximate surface area is 203 Å². The fraction of sp³-hybridized carbons (Fsp3) is 0.727. The maximum atomic E-state index is 5.49. The molecule has 0 bridgehead atoms. The molecular weight excluding hydrogens is 462 g/mol. The van der Waals surface area contributed by atoms with Crippen molar-refractivity contribution in [1.82, 2.24) is 24.7 Å². The van der Waals surface area contributed by atoms with Crippen molar-refractivity contribution in [2.75, 3.05) is 90.8 Å². The van der Waals surface area contributed by atoms with Crippen molar-refractivity contribution >= 4 is 45.1 Å². The number of ether oxygens (including phenoxy) is 2. The minimum Gasteiger partial charge on any atom is -0.379 e. The highest BCUT2D eigenvalue weighted by molar-refractivity contribution is 8.00. The summed E-state index contributed by atoms with van der Waals surface area (Å²) in [5.41, 5.74) is 1.50. The van der Waals surface area contributed by atoms with E-state index < -0.39 is 0 Å². The van der Waals surface area contributed by atoms with Gasteiger partial charge in [-0.2, -0.15) is 0 Å². The van der Waals surface area contributed by atoms with E-state index in [1.54, 1.807) is 11.8 Å². The normalized spacial score (nSPS) is 21.3. The second kappa shape index (κ2) is 11.3. The second-order valence-electron chi connectivity index (χ2n) is 8.59. The standard InChI is InChI=1S/C22H33N5O2S3/c1-25-3-2-17-18(16-25)32-21-19(17)20(30-14-8-26-4-10-28-11-5-26)23-22(24-21)31-15-9-27-6-12-29-13-7-27/h2-16H2,1H3. The Morgan fingerprint density at radius 2 is 1.53 bits per heavy atom. The Morgan fingerprint density at radius 3 is 2.22 bits per heavy atom. The van der Waals surface area contributed by atoms with E-state index in [-0.39, 0.29) is 0 Å². The smallest absolute Gasteiger partial charge is 0.190 e. The summed E-state index contributed by atoms with van der Waals surface area (Å²) in [4.78, 5) is 20.2. The number of rotatable bonds is 8. The van der Waals surface area contributed by atoms with Gasteiger partial charge in [-0.1, -0.05) is 11.8 Å². The fourth-order valence-corrected chi connectivity index (χ4v) is 7.81. The quantitative estimate of drug-likeness (QED) is 0.312. The highest BCUT2D eigenvalue weighted by Crippen LogP contribution is 2.39. The lowest BCUT2D eigenvalue weighted by Crippen LogP contribution is -2.37. The molecule has 0 N–H and O–H groups in total. The summed E-state index contributed by atoms with van der Waals surface area (Å²) in [7, 11) is 2.21. The van der Waals surface area contributed by atoms with Gasteiger partial charge in [-0.15, -0.1) is 23.1 Å². The van der Waals surface area contributed by atoms with Crippen molar-refractivity contribution < 1.29 is 9.47 Å². The molecule has 2 aromatic rings. The lowest BCUT2D eigenvalue weighted by atomic mass is 10.1. The molecule has 2 fully saturated rings. The Bertz CT molecular complexity index is 899. The molecule has 3 aliphatic rings. The predicted octanol–water partition coefficient (Wildman–Crippen LogP) is 2.53. The minimum atomic E-state index is 0.853. The van der Waals surface area contributed by atoms with Crippen molar-refractivity contribution in [3.8, 4) is 0 Å². The maximum Gasteiger partial charge on any atom is 0.190 e. The molecule has 5 heterocycles. The summed E-state index contributed by atoms with van der Waals surface area (Å²) in [6, 6.07) is 0. The van der Waals surface area contributed by atoms with Gasteiger partial charge >= 0.3 is 0 Å². The first-order valence-electron chi connectivity index (χ1n) is 11.6. The molecule has 0 aromatic carbocycles. The Balaban J connectivity index is 1.31. The van der Waals surface area contributed by atoms with Crippen LogP contribution in [0.25, 0.3) is 10.2 Å². The highest BCUT2D eigenvalue weighted by Gasteiger charge is 2.24. The minimum absolute atomic E-state index is 0.853. The molecule has 176 valence electrons. The van der Waals surface area contributed by atoms with Crippen LogP contribution in [0.15, 0.2) is 10.2 Å². The Morgan fingerprint density at radius 1 is 0.875 bits per heavy atom. The number of aromatic nitrogens is 2. The highest BCUT2D eigenvalue weighted by atomic mass is 32.2. The first-order valence-corrected chi connectivity index (χ1v) is 14.4. The molecule has 3 aliphatic heterocycles. The Kier molecular flexibility index (Phi) is 8.23. The zero-order valence-electron chi connectivity index (χ0n) is 18.9. The van der Waals surface area contributed by atoms with Crippen LogP contribution in [0.3, 0.4) is 0 Å². The molecule has 2 aromatic heterocycles. The van der Waals surface area contributed by atoms with Crippen LogP contribution in [0.2, 0.25) is 0 Å². The molecule has 10 heteroatoms. The molecule has 0 aliphatic carbocycles. The molecule has 5 rings (SSSR count). The predicted molar refractivity (Wildman–Crippen MR) is 133 cm³/mol. The van der Waals surface area contributed by atoms with Crippen LogP contribution in [0.5, 0.6) is 0 Å². The molecule has 7 nitrogen and oxygen atoms in total. The fourth-order valence-electron chi connectivity index (χ4n) is 4.43. The summed E-state index contributed by atoms with van der Waals surface area (Å²) >= 11 is 5.60. The average molecular weight is 496 g/mol. The first kappa shape index (κ1) is 23.3. The molecule has 32 heavy (non-hydrogen) atoms. The average Bonchev–Trinajstić information content (AvgIpc) is 3.18. The van der Waals surface area contributed by atoms with E-state index in [4.69, 9.17) is 19.4 Å². The van der Waals surface area contributed by atoms with Crippen molar-refractivity contribution in [3.63, 3.8) is 0 Å². The SMILES string of the molecule is CN1CCc2c(sc3nc(SCCN4CCOCC4)nc(SCCN4CCOCC4)c23)C1. The molecule has 0 unspecified atom stereocenters. The summed E-state index contributed by atoms with van der Waals surface area (Å²) in [6.07, 6.45) is 1.11. The molecule has 0 amide bonds.